The molecule has 0 spiro atoms. The second-order valence-electron chi connectivity index (χ2n) is 3.06. The lowest BCUT2D eigenvalue weighted by atomic mass is 10.2. The smallest absolute Gasteiger partial charge is 0.134 e. The number of ether oxygens (including phenoxy) is 1. The Bertz CT molecular complexity index is 298. The van der Waals surface area contributed by atoms with E-state index in [1.807, 2.05) is 0 Å². The number of nitrogen functional groups attached to an aromatic ring is 1. The van der Waals surface area contributed by atoms with Crippen molar-refractivity contribution in [3.8, 4) is 0 Å². The van der Waals surface area contributed by atoms with Gasteiger partial charge < -0.3 is 15.4 Å². The van der Waals surface area contributed by atoms with Crippen LogP contribution >= 0.6 is 0 Å². The van der Waals surface area contributed by atoms with Crippen molar-refractivity contribution in [2.24, 2.45) is 0 Å². The molecule has 1 fully saturated rings. The van der Waals surface area contributed by atoms with Gasteiger partial charge in [0.25, 0.3) is 0 Å². The van der Waals surface area contributed by atoms with E-state index in [-0.39, 0.29) is 0 Å². The van der Waals surface area contributed by atoms with E-state index in [9.17, 15) is 0 Å². The van der Waals surface area contributed by atoms with Crippen molar-refractivity contribution in [3.63, 3.8) is 0 Å². The van der Waals surface area contributed by atoms with Gasteiger partial charge in [-0.15, -0.1) is 0 Å². The molecule has 0 radical (unpaired) electrons. The SMILES string of the molecule is COC1CN(c2cc(N)ncn2)C1. The summed E-state index contributed by atoms with van der Waals surface area (Å²) < 4.78 is 5.15. The fraction of sp³-hybridized carbons (Fsp3) is 0.500. The van der Waals surface area contributed by atoms with Gasteiger partial charge in [0.1, 0.15) is 18.0 Å². The first kappa shape index (κ1) is 8.25. The molecule has 13 heavy (non-hydrogen) atoms. The van der Waals surface area contributed by atoms with E-state index in [1.165, 1.54) is 6.33 Å². The Kier molecular flexibility index (Phi) is 2.02. The minimum atomic E-state index is 0.330. The van der Waals surface area contributed by atoms with Crippen LogP contribution in [0.25, 0.3) is 0 Å². The highest BCUT2D eigenvalue weighted by atomic mass is 16.5. The molecule has 70 valence electrons. The number of anilines is 2. The van der Waals surface area contributed by atoms with Gasteiger partial charge in [0.2, 0.25) is 0 Å². The summed E-state index contributed by atoms with van der Waals surface area (Å²) in [6.45, 7) is 1.76. The fourth-order valence-corrected chi connectivity index (χ4v) is 1.31. The lowest BCUT2D eigenvalue weighted by Crippen LogP contribution is -2.52. The first-order valence-electron chi connectivity index (χ1n) is 4.15. The van der Waals surface area contributed by atoms with Gasteiger partial charge in [-0.3, -0.25) is 0 Å². The Morgan fingerprint density at radius 1 is 1.54 bits per heavy atom. The van der Waals surface area contributed by atoms with Crippen molar-refractivity contribution < 1.29 is 4.74 Å². The molecule has 5 heteroatoms. The van der Waals surface area contributed by atoms with Gasteiger partial charge in [-0.05, 0) is 0 Å². The van der Waals surface area contributed by atoms with Crippen molar-refractivity contribution in [1.82, 2.24) is 9.97 Å². The molecule has 0 aromatic carbocycles. The van der Waals surface area contributed by atoms with Crippen LogP contribution in [-0.4, -0.2) is 36.3 Å². The molecule has 0 atom stereocenters. The zero-order chi connectivity index (χ0) is 9.26. The lowest BCUT2D eigenvalue weighted by molar-refractivity contribution is 0.0783. The monoisotopic (exact) mass is 180 g/mol. The number of methoxy groups -OCH3 is 1. The minimum absolute atomic E-state index is 0.330. The molecular formula is C8H12N4O. The number of nitrogens with two attached hydrogens (primary N) is 1. The molecule has 2 heterocycles. The first-order chi connectivity index (χ1) is 6.29. The molecule has 1 aliphatic heterocycles. The average molecular weight is 180 g/mol. The van der Waals surface area contributed by atoms with E-state index in [0.29, 0.717) is 11.9 Å². The summed E-state index contributed by atoms with van der Waals surface area (Å²) >= 11 is 0. The summed E-state index contributed by atoms with van der Waals surface area (Å²) in [4.78, 5) is 10.0. The largest absolute Gasteiger partial charge is 0.384 e. The summed E-state index contributed by atoms with van der Waals surface area (Å²) in [5, 5.41) is 0. The van der Waals surface area contributed by atoms with Gasteiger partial charge in [-0.1, -0.05) is 0 Å². The molecular weight excluding hydrogens is 168 g/mol. The van der Waals surface area contributed by atoms with Crippen molar-refractivity contribution in [1.29, 1.82) is 0 Å². The maximum absolute atomic E-state index is 5.53. The molecule has 0 aliphatic carbocycles. The van der Waals surface area contributed by atoms with Gasteiger partial charge in [-0.2, -0.15) is 0 Å². The van der Waals surface area contributed by atoms with Gasteiger partial charge in [0.15, 0.2) is 0 Å². The highest BCUT2D eigenvalue weighted by Gasteiger charge is 2.27. The van der Waals surface area contributed by atoms with Crippen molar-refractivity contribution >= 4 is 11.6 Å². The summed E-state index contributed by atoms with van der Waals surface area (Å²) in [7, 11) is 1.72. The van der Waals surface area contributed by atoms with Crippen LogP contribution in [0.5, 0.6) is 0 Å². The fourth-order valence-electron chi connectivity index (χ4n) is 1.31. The summed E-state index contributed by atoms with van der Waals surface area (Å²) in [6, 6.07) is 1.77. The third kappa shape index (κ3) is 1.55. The number of rotatable bonds is 2. The average Bonchev–Trinajstić information content (AvgIpc) is 2.02. The van der Waals surface area contributed by atoms with Gasteiger partial charge in [0, 0.05) is 26.3 Å². The first-order valence-corrected chi connectivity index (χ1v) is 4.15. The maximum Gasteiger partial charge on any atom is 0.134 e. The standard InChI is InChI=1S/C8H12N4O/c1-13-6-3-12(4-6)8-2-7(9)10-5-11-8/h2,5-6H,3-4H2,1H3,(H2,9,10,11). The van der Waals surface area contributed by atoms with E-state index in [0.717, 1.165) is 18.9 Å². The van der Waals surface area contributed by atoms with Crippen LogP contribution in [0.3, 0.4) is 0 Å². The zero-order valence-corrected chi connectivity index (χ0v) is 7.47. The second-order valence-corrected chi connectivity index (χ2v) is 3.06. The number of hydrogen-bond donors (Lipinski definition) is 1. The highest BCUT2D eigenvalue weighted by molar-refractivity contribution is 5.48. The Balaban J connectivity index is 2.03. The molecule has 1 aromatic heterocycles. The number of hydrogen-bond acceptors (Lipinski definition) is 5. The predicted octanol–water partition coefficient (Wildman–Crippen LogP) is -0.106. The van der Waals surface area contributed by atoms with Crippen LogP contribution in [0, 0.1) is 0 Å². The molecule has 0 unspecified atom stereocenters. The van der Waals surface area contributed by atoms with Gasteiger partial charge >= 0.3 is 0 Å². The Labute approximate surface area is 76.5 Å². The van der Waals surface area contributed by atoms with Crippen molar-refractivity contribution in [3.05, 3.63) is 12.4 Å². The molecule has 0 saturated carbocycles. The lowest BCUT2D eigenvalue weighted by Gasteiger charge is -2.38. The molecule has 0 bridgehead atoms. The Morgan fingerprint density at radius 3 is 2.92 bits per heavy atom. The van der Waals surface area contributed by atoms with Crippen LogP contribution in [0.15, 0.2) is 12.4 Å². The zero-order valence-electron chi connectivity index (χ0n) is 7.47. The van der Waals surface area contributed by atoms with E-state index < -0.39 is 0 Å². The van der Waals surface area contributed by atoms with Crippen LogP contribution in [0.4, 0.5) is 11.6 Å². The molecule has 0 amide bonds. The molecule has 2 N–H and O–H groups in total. The highest BCUT2D eigenvalue weighted by Crippen LogP contribution is 2.19. The number of nitrogens with zero attached hydrogens (tertiary/aromatic N) is 3. The number of aromatic nitrogens is 2. The quantitative estimate of drug-likeness (QED) is 0.688. The van der Waals surface area contributed by atoms with Crippen LogP contribution in [0.2, 0.25) is 0 Å². The summed E-state index contributed by atoms with van der Waals surface area (Å²) in [5.41, 5.74) is 5.53. The minimum Gasteiger partial charge on any atom is -0.384 e. The van der Waals surface area contributed by atoms with Crippen LogP contribution in [0.1, 0.15) is 0 Å². The maximum atomic E-state index is 5.53. The van der Waals surface area contributed by atoms with Crippen LogP contribution in [-0.2, 0) is 4.74 Å². The van der Waals surface area contributed by atoms with Crippen LogP contribution < -0.4 is 10.6 Å². The van der Waals surface area contributed by atoms with E-state index in [2.05, 4.69) is 14.9 Å². The predicted molar refractivity (Wildman–Crippen MR) is 49.5 cm³/mol. The molecule has 2 rings (SSSR count). The topological polar surface area (TPSA) is 64.3 Å². The Hall–Kier alpha value is -1.36. The van der Waals surface area contributed by atoms with E-state index in [4.69, 9.17) is 10.5 Å². The molecule has 5 nitrogen and oxygen atoms in total. The normalized spacial score (nSPS) is 17.2. The van der Waals surface area contributed by atoms with E-state index >= 15 is 0 Å². The van der Waals surface area contributed by atoms with Crippen molar-refractivity contribution in [2.75, 3.05) is 30.8 Å². The summed E-state index contributed by atoms with van der Waals surface area (Å²) in [5.74, 6) is 1.38. The van der Waals surface area contributed by atoms with Crippen molar-refractivity contribution in [2.45, 2.75) is 6.10 Å². The molecule has 1 aromatic rings. The third-order valence-corrected chi connectivity index (χ3v) is 2.18. The summed E-state index contributed by atoms with van der Waals surface area (Å²) in [6.07, 6.45) is 1.81. The van der Waals surface area contributed by atoms with E-state index in [1.54, 1.807) is 13.2 Å². The third-order valence-electron chi connectivity index (χ3n) is 2.18. The second kappa shape index (κ2) is 3.18. The molecule has 1 aliphatic rings. The Morgan fingerprint density at radius 2 is 2.31 bits per heavy atom. The van der Waals surface area contributed by atoms with Gasteiger partial charge in [0.05, 0.1) is 6.10 Å². The van der Waals surface area contributed by atoms with Gasteiger partial charge in [-0.25, -0.2) is 9.97 Å². The molecule has 1 saturated heterocycles.